The van der Waals surface area contributed by atoms with E-state index in [0.29, 0.717) is 34.4 Å². The standard InChI is InChI=1S/C20H24BrN3O4S2/c1-4-11-22-30(26,27)16-8-6-15(7-9-16)23-20(29)24-19(25)14-5-10-18(17(21)12-14)28-13(2)3/h5-10,12-13,22H,4,11H2,1-3H3,(H2,23,24,25,29). The Kier molecular flexibility index (Phi) is 8.78. The number of sulfonamides is 1. The van der Waals surface area contributed by atoms with Crippen LogP contribution in [0, 0.1) is 0 Å². The maximum atomic E-state index is 12.4. The zero-order chi connectivity index (χ0) is 22.3. The van der Waals surface area contributed by atoms with Gasteiger partial charge in [0.1, 0.15) is 5.75 Å². The van der Waals surface area contributed by atoms with Crippen LogP contribution >= 0.6 is 28.1 Å². The molecule has 0 saturated heterocycles. The Balaban J connectivity index is 1.98. The number of amides is 1. The molecule has 0 aromatic heterocycles. The number of carbonyl (C=O) groups is 1. The average molecular weight is 514 g/mol. The molecular weight excluding hydrogens is 490 g/mol. The van der Waals surface area contributed by atoms with E-state index in [-0.39, 0.29) is 22.0 Å². The Hall–Kier alpha value is -2.01. The maximum absolute atomic E-state index is 12.4. The molecule has 0 aliphatic rings. The van der Waals surface area contributed by atoms with Gasteiger partial charge in [0.25, 0.3) is 5.91 Å². The summed E-state index contributed by atoms with van der Waals surface area (Å²) in [5.41, 5.74) is 0.960. The van der Waals surface area contributed by atoms with Crippen molar-refractivity contribution < 1.29 is 17.9 Å². The predicted molar refractivity (Wildman–Crippen MR) is 126 cm³/mol. The summed E-state index contributed by atoms with van der Waals surface area (Å²) in [6.45, 7) is 6.10. The Bertz CT molecular complexity index is 1010. The van der Waals surface area contributed by atoms with Gasteiger partial charge in [0.05, 0.1) is 15.5 Å². The van der Waals surface area contributed by atoms with E-state index >= 15 is 0 Å². The minimum absolute atomic E-state index is 0.0153. The molecule has 2 aromatic rings. The third kappa shape index (κ3) is 7.05. The number of anilines is 1. The number of hydrogen-bond donors (Lipinski definition) is 3. The normalized spacial score (nSPS) is 11.2. The van der Waals surface area contributed by atoms with E-state index in [1.54, 1.807) is 30.3 Å². The molecule has 0 saturated carbocycles. The highest BCUT2D eigenvalue weighted by Crippen LogP contribution is 2.27. The third-order valence-electron chi connectivity index (χ3n) is 3.75. The van der Waals surface area contributed by atoms with Crippen molar-refractivity contribution in [2.24, 2.45) is 0 Å². The monoisotopic (exact) mass is 513 g/mol. The van der Waals surface area contributed by atoms with Gasteiger partial charge in [0.15, 0.2) is 5.11 Å². The molecule has 7 nitrogen and oxygen atoms in total. The summed E-state index contributed by atoms with van der Waals surface area (Å²) in [7, 11) is -3.53. The van der Waals surface area contributed by atoms with Gasteiger partial charge in [-0.25, -0.2) is 13.1 Å². The number of benzene rings is 2. The fourth-order valence-corrected chi connectivity index (χ4v) is 4.18. The second-order valence-corrected chi connectivity index (χ2v) is 9.67. The molecule has 10 heteroatoms. The van der Waals surface area contributed by atoms with E-state index in [4.69, 9.17) is 17.0 Å². The lowest BCUT2D eigenvalue weighted by Crippen LogP contribution is -2.34. The van der Waals surface area contributed by atoms with Crippen molar-refractivity contribution in [2.45, 2.75) is 38.2 Å². The molecule has 3 N–H and O–H groups in total. The number of nitrogens with one attached hydrogen (secondary N) is 3. The number of carbonyl (C=O) groups excluding carboxylic acids is 1. The van der Waals surface area contributed by atoms with E-state index in [2.05, 4.69) is 31.3 Å². The largest absolute Gasteiger partial charge is 0.490 e. The zero-order valence-corrected chi connectivity index (χ0v) is 20.1. The van der Waals surface area contributed by atoms with Gasteiger partial charge < -0.3 is 10.1 Å². The summed E-state index contributed by atoms with van der Waals surface area (Å²) in [4.78, 5) is 12.6. The number of hydrogen-bond acceptors (Lipinski definition) is 5. The second kappa shape index (κ2) is 10.9. The van der Waals surface area contributed by atoms with E-state index in [1.807, 2.05) is 20.8 Å². The van der Waals surface area contributed by atoms with Gasteiger partial charge in [-0.05, 0) is 90.9 Å². The molecule has 2 aromatic carbocycles. The average Bonchev–Trinajstić information content (AvgIpc) is 2.68. The number of ether oxygens (including phenoxy) is 1. The first-order valence-electron chi connectivity index (χ1n) is 9.30. The van der Waals surface area contributed by atoms with Crippen LogP contribution in [0.4, 0.5) is 5.69 Å². The van der Waals surface area contributed by atoms with Gasteiger partial charge in [-0.15, -0.1) is 0 Å². The topological polar surface area (TPSA) is 96.5 Å². The highest BCUT2D eigenvalue weighted by Gasteiger charge is 2.14. The Morgan fingerprint density at radius 1 is 1.17 bits per heavy atom. The van der Waals surface area contributed by atoms with E-state index in [9.17, 15) is 13.2 Å². The summed E-state index contributed by atoms with van der Waals surface area (Å²) >= 11 is 8.58. The van der Waals surface area contributed by atoms with Crippen LogP contribution < -0.4 is 20.1 Å². The van der Waals surface area contributed by atoms with E-state index < -0.39 is 10.0 Å². The first-order valence-corrected chi connectivity index (χ1v) is 12.0. The molecule has 0 heterocycles. The van der Waals surface area contributed by atoms with Gasteiger partial charge in [-0.1, -0.05) is 6.92 Å². The molecule has 0 aliphatic carbocycles. The van der Waals surface area contributed by atoms with E-state index in [1.165, 1.54) is 12.1 Å². The summed E-state index contributed by atoms with van der Waals surface area (Å²) in [5, 5.41) is 5.55. The first kappa shape index (κ1) is 24.3. The molecular formula is C20H24BrN3O4S2. The van der Waals surface area contributed by atoms with Crippen molar-refractivity contribution >= 4 is 54.9 Å². The Labute approximate surface area is 190 Å². The Morgan fingerprint density at radius 2 is 1.83 bits per heavy atom. The lowest BCUT2D eigenvalue weighted by atomic mass is 10.2. The SMILES string of the molecule is CCCNS(=O)(=O)c1ccc(NC(=S)NC(=O)c2ccc(OC(C)C)c(Br)c2)cc1. The molecule has 0 unspecified atom stereocenters. The molecule has 1 amide bonds. The van der Waals surface area contributed by atoms with Crippen LogP contribution in [0.15, 0.2) is 51.8 Å². The fraction of sp³-hybridized carbons (Fsp3) is 0.300. The van der Waals surface area contributed by atoms with Gasteiger partial charge in [-0.3, -0.25) is 10.1 Å². The number of halogens is 1. The first-order chi connectivity index (χ1) is 14.1. The number of rotatable bonds is 8. The van der Waals surface area contributed by atoms with Crippen LogP contribution in [0.2, 0.25) is 0 Å². The summed E-state index contributed by atoms with van der Waals surface area (Å²) < 4.78 is 33.0. The zero-order valence-electron chi connectivity index (χ0n) is 16.9. The van der Waals surface area contributed by atoms with Crippen molar-refractivity contribution in [1.29, 1.82) is 0 Å². The van der Waals surface area contributed by atoms with Crippen molar-refractivity contribution in [3.63, 3.8) is 0 Å². The molecule has 0 aliphatic heterocycles. The van der Waals surface area contributed by atoms with Crippen LogP contribution in [-0.4, -0.2) is 32.1 Å². The van der Waals surface area contributed by atoms with Crippen molar-refractivity contribution in [2.75, 3.05) is 11.9 Å². The quantitative estimate of drug-likeness (QED) is 0.460. The Morgan fingerprint density at radius 3 is 2.40 bits per heavy atom. The summed E-state index contributed by atoms with van der Waals surface area (Å²) in [6, 6.07) is 11.1. The van der Waals surface area contributed by atoms with Gasteiger partial charge >= 0.3 is 0 Å². The fourth-order valence-electron chi connectivity index (χ4n) is 2.37. The van der Waals surface area contributed by atoms with Crippen molar-refractivity contribution in [3.8, 4) is 5.75 Å². The van der Waals surface area contributed by atoms with Crippen LogP contribution in [-0.2, 0) is 10.0 Å². The smallest absolute Gasteiger partial charge is 0.257 e. The van der Waals surface area contributed by atoms with Crippen LogP contribution in [0.3, 0.4) is 0 Å². The second-order valence-electron chi connectivity index (χ2n) is 6.64. The number of thiocarbonyl (C=S) groups is 1. The minimum atomic E-state index is -3.53. The molecule has 0 bridgehead atoms. The van der Waals surface area contributed by atoms with Gasteiger partial charge in [-0.2, -0.15) is 0 Å². The predicted octanol–water partition coefficient (Wildman–Crippen LogP) is 4.05. The van der Waals surface area contributed by atoms with Gasteiger partial charge in [0, 0.05) is 17.8 Å². The van der Waals surface area contributed by atoms with E-state index in [0.717, 1.165) is 0 Å². The third-order valence-corrected chi connectivity index (χ3v) is 6.05. The molecule has 0 fully saturated rings. The summed E-state index contributed by atoms with van der Waals surface area (Å²) in [5.74, 6) is 0.262. The van der Waals surface area contributed by atoms with Crippen LogP contribution in [0.5, 0.6) is 5.75 Å². The molecule has 0 radical (unpaired) electrons. The highest BCUT2D eigenvalue weighted by molar-refractivity contribution is 9.10. The molecule has 0 spiro atoms. The molecule has 30 heavy (non-hydrogen) atoms. The van der Waals surface area contributed by atoms with Crippen molar-refractivity contribution in [1.82, 2.24) is 10.0 Å². The molecule has 162 valence electrons. The van der Waals surface area contributed by atoms with Crippen LogP contribution in [0.1, 0.15) is 37.6 Å². The molecule has 2 rings (SSSR count). The maximum Gasteiger partial charge on any atom is 0.257 e. The summed E-state index contributed by atoms with van der Waals surface area (Å²) in [6.07, 6.45) is 0.721. The lowest BCUT2D eigenvalue weighted by molar-refractivity contribution is 0.0977. The highest BCUT2D eigenvalue weighted by atomic mass is 79.9. The van der Waals surface area contributed by atoms with Crippen LogP contribution in [0.25, 0.3) is 0 Å². The minimum Gasteiger partial charge on any atom is -0.490 e. The van der Waals surface area contributed by atoms with Crippen molar-refractivity contribution in [3.05, 3.63) is 52.5 Å². The lowest BCUT2D eigenvalue weighted by Gasteiger charge is -2.13. The molecule has 0 atom stereocenters. The van der Waals surface area contributed by atoms with Gasteiger partial charge in [0.2, 0.25) is 10.0 Å².